The van der Waals surface area contributed by atoms with Gasteiger partial charge in [-0.15, -0.1) is 11.8 Å². The number of rotatable bonds is 10. The minimum atomic E-state index is -0.0975. The number of nitrogens with one attached hydrogen (secondary N) is 2. The van der Waals surface area contributed by atoms with E-state index in [1.165, 1.54) is 11.8 Å². The minimum Gasteiger partial charge on any atom is -0.382 e. The monoisotopic (exact) mass is 324 g/mol. The summed E-state index contributed by atoms with van der Waals surface area (Å²) in [5.41, 5.74) is 1.88. The second kappa shape index (κ2) is 11.1. The zero-order chi connectivity index (χ0) is 16.2. The molecule has 0 radical (unpaired) electrons. The molecule has 0 spiro atoms. The van der Waals surface area contributed by atoms with Gasteiger partial charge < -0.3 is 15.4 Å². The van der Waals surface area contributed by atoms with Gasteiger partial charge in [-0.2, -0.15) is 0 Å². The fourth-order valence-corrected chi connectivity index (χ4v) is 2.40. The molecule has 1 rings (SSSR count). The molecule has 0 aliphatic heterocycles. The smallest absolute Gasteiger partial charge is 0.234 e. The zero-order valence-electron chi connectivity index (χ0n) is 13.2. The van der Waals surface area contributed by atoms with Crippen molar-refractivity contribution in [1.82, 2.24) is 5.32 Å². The van der Waals surface area contributed by atoms with Crippen molar-refractivity contribution in [2.75, 3.05) is 36.6 Å². The molecule has 6 heteroatoms. The Labute approximate surface area is 136 Å². The number of aryl methyl sites for hydroxylation is 1. The van der Waals surface area contributed by atoms with Gasteiger partial charge in [-0.25, -0.2) is 0 Å². The lowest BCUT2D eigenvalue weighted by atomic mass is 10.2. The zero-order valence-corrected chi connectivity index (χ0v) is 14.0. The average Bonchev–Trinajstić information content (AvgIpc) is 2.47. The molecule has 1 aromatic rings. The van der Waals surface area contributed by atoms with E-state index in [9.17, 15) is 9.59 Å². The van der Waals surface area contributed by atoms with E-state index in [1.807, 2.05) is 38.1 Å². The summed E-state index contributed by atoms with van der Waals surface area (Å²) in [5, 5.41) is 5.62. The molecule has 5 nitrogen and oxygen atoms in total. The third-order valence-corrected chi connectivity index (χ3v) is 3.69. The standard InChI is InChI=1S/C16H24N2O3S/c1-3-21-9-5-8-17-15(19)11-22-12-16(20)18-14-7-4-6-13(2)10-14/h4,6-7,10H,3,5,8-9,11-12H2,1-2H3,(H,17,19)(H,18,20). The average molecular weight is 324 g/mol. The Kier molecular flexibility index (Phi) is 9.34. The van der Waals surface area contributed by atoms with Crippen molar-refractivity contribution < 1.29 is 14.3 Å². The van der Waals surface area contributed by atoms with Crippen LogP contribution in [0.3, 0.4) is 0 Å². The summed E-state index contributed by atoms with van der Waals surface area (Å²) in [4.78, 5) is 23.3. The first-order valence-electron chi connectivity index (χ1n) is 7.40. The Morgan fingerprint density at radius 1 is 1.23 bits per heavy atom. The van der Waals surface area contributed by atoms with Crippen LogP contribution in [0.2, 0.25) is 0 Å². The van der Waals surface area contributed by atoms with Crippen LogP contribution in [0, 0.1) is 6.92 Å². The molecule has 1 aromatic carbocycles. The summed E-state index contributed by atoms with van der Waals surface area (Å²) in [5.74, 6) is 0.403. The van der Waals surface area contributed by atoms with Gasteiger partial charge in [-0.1, -0.05) is 12.1 Å². The quantitative estimate of drug-likeness (QED) is 0.648. The fourth-order valence-electron chi connectivity index (χ4n) is 1.75. The number of hydrogen-bond acceptors (Lipinski definition) is 4. The molecule has 0 unspecified atom stereocenters. The van der Waals surface area contributed by atoms with Crippen molar-refractivity contribution >= 4 is 29.3 Å². The lowest BCUT2D eigenvalue weighted by Gasteiger charge is -2.07. The van der Waals surface area contributed by atoms with Crippen LogP contribution < -0.4 is 10.6 Å². The highest BCUT2D eigenvalue weighted by Gasteiger charge is 2.06. The van der Waals surface area contributed by atoms with Gasteiger partial charge >= 0.3 is 0 Å². The maximum absolute atomic E-state index is 11.8. The summed E-state index contributed by atoms with van der Waals surface area (Å²) >= 11 is 1.31. The molecule has 2 amide bonds. The molecule has 0 fully saturated rings. The Morgan fingerprint density at radius 2 is 2.00 bits per heavy atom. The van der Waals surface area contributed by atoms with Crippen LogP contribution in [0.15, 0.2) is 24.3 Å². The molecule has 0 atom stereocenters. The van der Waals surface area contributed by atoms with Crippen molar-refractivity contribution in [2.45, 2.75) is 20.3 Å². The van der Waals surface area contributed by atoms with Crippen molar-refractivity contribution in [2.24, 2.45) is 0 Å². The third-order valence-electron chi connectivity index (χ3n) is 2.76. The Bertz CT molecular complexity index is 480. The normalized spacial score (nSPS) is 10.3. The fraction of sp³-hybridized carbons (Fsp3) is 0.500. The van der Waals surface area contributed by atoms with Crippen molar-refractivity contribution in [3.63, 3.8) is 0 Å². The van der Waals surface area contributed by atoms with Gasteiger partial charge in [0.2, 0.25) is 11.8 Å². The van der Waals surface area contributed by atoms with E-state index in [-0.39, 0.29) is 23.3 Å². The molecule has 0 saturated heterocycles. The van der Waals surface area contributed by atoms with E-state index in [0.717, 1.165) is 17.7 Å². The number of hydrogen-bond donors (Lipinski definition) is 2. The summed E-state index contributed by atoms with van der Waals surface area (Å²) < 4.78 is 5.18. The van der Waals surface area contributed by atoms with Crippen molar-refractivity contribution in [1.29, 1.82) is 0 Å². The van der Waals surface area contributed by atoms with Gasteiger partial charge in [-0.05, 0) is 38.0 Å². The van der Waals surface area contributed by atoms with E-state index in [4.69, 9.17) is 4.74 Å². The maximum atomic E-state index is 11.8. The Balaban J connectivity index is 2.10. The van der Waals surface area contributed by atoms with E-state index < -0.39 is 0 Å². The molecule has 0 heterocycles. The number of anilines is 1. The van der Waals surface area contributed by atoms with E-state index >= 15 is 0 Å². The van der Waals surface area contributed by atoms with Gasteiger partial charge in [0.15, 0.2) is 0 Å². The molecular formula is C16H24N2O3S. The molecule has 2 N–H and O–H groups in total. The number of carbonyl (C=O) groups is 2. The number of amides is 2. The second-order valence-electron chi connectivity index (χ2n) is 4.81. The number of ether oxygens (including phenoxy) is 1. The predicted octanol–water partition coefficient (Wildman–Crippen LogP) is 2.21. The van der Waals surface area contributed by atoms with Gasteiger partial charge in [0, 0.05) is 25.4 Å². The first kappa shape index (κ1) is 18.5. The third kappa shape index (κ3) is 8.69. The number of carbonyl (C=O) groups excluding carboxylic acids is 2. The van der Waals surface area contributed by atoms with Gasteiger partial charge in [0.1, 0.15) is 0 Å². The lowest BCUT2D eigenvalue weighted by molar-refractivity contribution is -0.118. The van der Waals surface area contributed by atoms with E-state index in [2.05, 4.69) is 10.6 Å². The van der Waals surface area contributed by atoms with Crippen LogP contribution >= 0.6 is 11.8 Å². The summed E-state index contributed by atoms with van der Waals surface area (Å²) in [7, 11) is 0. The molecule has 22 heavy (non-hydrogen) atoms. The Morgan fingerprint density at radius 3 is 2.73 bits per heavy atom. The SMILES string of the molecule is CCOCCCNC(=O)CSCC(=O)Nc1cccc(C)c1. The highest BCUT2D eigenvalue weighted by Crippen LogP contribution is 2.10. The summed E-state index contributed by atoms with van der Waals surface area (Å²) in [6, 6.07) is 7.63. The molecule has 0 aliphatic rings. The molecule has 0 saturated carbocycles. The molecular weight excluding hydrogens is 300 g/mol. The van der Waals surface area contributed by atoms with Gasteiger partial charge in [0.05, 0.1) is 11.5 Å². The molecule has 122 valence electrons. The maximum Gasteiger partial charge on any atom is 0.234 e. The number of benzene rings is 1. The van der Waals surface area contributed by atoms with Crippen LogP contribution in [0.1, 0.15) is 18.9 Å². The van der Waals surface area contributed by atoms with Gasteiger partial charge in [-0.3, -0.25) is 9.59 Å². The van der Waals surface area contributed by atoms with Crippen molar-refractivity contribution in [3.05, 3.63) is 29.8 Å². The highest BCUT2D eigenvalue weighted by atomic mass is 32.2. The van der Waals surface area contributed by atoms with Crippen LogP contribution in [-0.2, 0) is 14.3 Å². The predicted molar refractivity (Wildman–Crippen MR) is 91.3 cm³/mol. The first-order chi connectivity index (χ1) is 10.6. The van der Waals surface area contributed by atoms with Crippen LogP contribution in [0.5, 0.6) is 0 Å². The number of thioether (sulfide) groups is 1. The second-order valence-corrected chi connectivity index (χ2v) is 5.80. The summed E-state index contributed by atoms with van der Waals surface area (Å²) in [6.07, 6.45) is 0.804. The van der Waals surface area contributed by atoms with Crippen LogP contribution in [-0.4, -0.2) is 43.1 Å². The first-order valence-corrected chi connectivity index (χ1v) is 8.56. The molecule has 0 bridgehead atoms. The Hall–Kier alpha value is -1.53. The van der Waals surface area contributed by atoms with E-state index in [1.54, 1.807) is 0 Å². The highest BCUT2D eigenvalue weighted by molar-refractivity contribution is 8.00. The van der Waals surface area contributed by atoms with Crippen LogP contribution in [0.25, 0.3) is 0 Å². The lowest BCUT2D eigenvalue weighted by Crippen LogP contribution is -2.27. The van der Waals surface area contributed by atoms with Gasteiger partial charge in [0.25, 0.3) is 0 Å². The topological polar surface area (TPSA) is 67.4 Å². The largest absolute Gasteiger partial charge is 0.382 e. The summed E-state index contributed by atoms with van der Waals surface area (Å²) in [6.45, 7) is 5.87. The molecule has 0 aromatic heterocycles. The van der Waals surface area contributed by atoms with Crippen molar-refractivity contribution in [3.8, 4) is 0 Å². The molecule has 0 aliphatic carbocycles. The van der Waals surface area contributed by atoms with Crippen LogP contribution in [0.4, 0.5) is 5.69 Å². The van der Waals surface area contributed by atoms with E-state index in [0.29, 0.717) is 19.8 Å². The minimum absolute atomic E-state index is 0.0511.